The molecule has 0 saturated carbocycles. The zero-order chi connectivity index (χ0) is 21.4. The molecule has 2 aliphatic heterocycles. The van der Waals surface area contributed by atoms with Crippen LogP contribution in [0.3, 0.4) is 0 Å². The van der Waals surface area contributed by atoms with Crippen LogP contribution in [-0.2, 0) is 21.3 Å². The van der Waals surface area contributed by atoms with E-state index in [0.29, 0.717) is 19.2 Å². The molecule has 2 aliphatic rings. The topological polar surface area (TPSA) is 86.3 Å². The minimum atomic E-state index is -3.55. The fourth-order valence-corrected chi connectivity index (χ4v) is 4.87. The summed E-state index contributed by atoms with van der Waals surface area (Å²) in [6, 6.07) is 7.50. The van der Waals surface area contributed by atoms with E-state index in [-0.39, 0.29) is 11.4 Å². The molecule has 1 aromatic rings. The molecule has 0 bridgehead atoms. The Kier molecular flexibility index (Phi) is 8.26. The van der Waals surface area contributed by atoms with Crippen molar-refractivity contribution in [3.8, 4) is 0 Å². The normalized spacial score (nSPS) is 20.3. The first-order valence-electron chi connectivity index (χ1n) is 10.5. The van der Waals surface area contributed by atoms with Crippen LogP contribution in [0.15, 0.2) is 46.3 Å². The van der Waals surface area contributed by atoms with Crippen molar-refractivity contribution < 1.29 is 13.2 Å². The summed E-state index contributed by atoms with van der Waals surface area (Å²) in [6.45, 7) is 7.87. The van der Waals surface area contributed by atoms with Crippen molar-refractivity contribution in [2.75, 3.05) is 53.0 Å². The van der Waals surface area contributed by atoms with E-state index in [0.717, 1.165) is 50.7 Å². The van der Waals surface area contributed by atoms with Gasteiger partial charge in [-0.05, 0) is 31.0 Å². The summed E-state index contributed by atoms with van der Waals surface area (Å²) >= 11 is 0. The smallest absolute Gasteiger partial charge is 0.240 e. The van der Waals surface area contributed by atoms with E-state index in [9.17, 15) is 8.42 Å². The van der Waals surface area contributed by atoms with Crippen LogP contribution in [0.2, 0.25) is 0 Å². The highest BCUT2D eigenvalue weighted by Gasteiger charge is 2.29. The van der Waals surface area contributed by atoms with Gasteiger partial charge in [0.25, 0.3) is 0 Å². The Morgan fingerprint density at radius 3 is 2.83 bits per heavy atom. The molecule has 2 heterocycles. The van der Waals surface area contributed by atoms with Gasteiger partial charge >= 0.3 is 0 Å². The molecule has 1 aromatic carbocycles. The molecule has 1 fully saturated rings. The largest absolute Gasteiger partial charge is 0.383 e. The Morgan fingerprint density at radius 2 is 2.10 bits per heavy atom. The van der Waals surface area contributed by atoms with E-state index < -0.39 is 10.0 Å². The summed E-state index contributed by atoms with van der Waals surface area (Å²) in [4.78, 5) is 9.84. The molecule has 1 saturated heterocycles. The lowest BCUT2D eigenvalue weighted by Gasteiger charge is -2.25. The summed E-state index contributed by atoms with van der Waals surface area (Å²) in [5, 5.41) is 3.38. The molecule has 0 spiro atoms. The van der Waals surface area contributed by atoms with Crippen LogP contribution >= 0.6 is 0 Å². The molecule has 9 heteroatoms. The van der Waals surface area contributed by atoms with Crippen molar-refractivity contribution in [2.45, 2.75) is 30.8 Å². The summed E-state index contributed by atoms with van der Waals surface area (Å²) < 4.78 is 32.3. The predicted molar refractivity (Wildman–Crippen MR) is 119 cm³/mol. The molecule has 1 unspecified atom stereocenters. The van der Waals surface area contributed by atoms with Crippen LogP contribution in [0.4, 0.5) is 0 Å². The second kappa shape index (κ2) is 10.9. The molecule has 1 atom stereocenters. The minimum absolute atomic E-state index is 0.244. The second-order valence-corrected chi connectivity index (χ2v) is 9.29. The number of ether oxygens (including phenoxy) is 1. The molecular formula is C21H33N5O3S. The molecule has 0 amide bonds. The number of guanidine groups is 1. The molecule has 166 valence electrons. The molecule has 2 N–H and O–H groups in total. The van der Waals surface area contributed by atoms with Gasteiger partial charge in [0.05, 0.1) is 18.0 Å². The number of nitrogens with one attached hydrogen (secondary N) is 2. The first-order valence-corrected chi connectivity index (χ1v) is 12.0. The minimum Gasteiger partial charge on any atom is -0.383 e. The maximum atomic E-state index is 12.4. The Bertz CT molecular complexity index is 848. The molecule has 0 aromatic heterocycles. The highest BCUT2D eigenvalue weighted by molar-refractivity contribution is 7.89. The molecule has 8 nitrogen and oxygen atoms in total. The first-order chi connectivity index (χ1) is 14.5. The van der Waals surface area contributed by atoms with Gasteiger partial charge < -0.3 is 15.0 Å². The van der Waals surface area contributed by atoms with Crippen molar-refractivity contribution in [1.29, 1.82) is 0 Å². The van der Waals surface area contributed by atoms with E-state index in [2.05, 4.69) is 38.9 Å². The van der Waals surface area contributed by atoms with Gasteiger partial charge in [-0.1, -0.05) is 24.3 Å². The van der Waals surface area contributed by atoms with Crippen LogP contribution in [0.25, 0.3) is 0 Å². The lowest BCUT2D eigenvalue weighted by Crippen LogP contribution is -2.42. The molecule has 0 radical (unpaired) electrons. The Labute approximate surface area is 180 Å². The molecule has 30 heavy (non-hydrogen) atoms. The van der Waals surface area contributed by atoms with Gasteiger partial charge in [0.2, 0.25) is 10.0 Å². The fourth-order valence-electron chi connectivity index (χ4n) is 3.79. The van der Waals surface area contributed by atoms with Crippen LogP contribution in [0, 0.1) is 0 Å². The van der Waals surface area contributed by atoms with Crippen LogP contribution in [-0.4, -0.2) is 83.2 Å². The van der Waals surface area contributed by atoms with Gasteiger partial charge in [0, 0.05) is 52.4 Å². The number of hydrogen-bond acceptors (Lipinski definition) is 5. The van der Waals surface area contributed by atoms with E-state index in [1.54, 1.807) is 25.3 Å². The van der Waals surface area contributed by atoms with Crippen LogP contribution < -0.4 is 10.0 Å². The maximum absolute atomic E-state index is 12.4. The summed E-state index contributed by atoms with van der Waals surface area (Å²) in [5.74, 6) is 0.888. The third-order valence-electron chi connectivity index (χ3n) is 5.38. The monoisotopic (exact) mass is 435 g/mol. The van der Waals surface area contributed by atoms with E-state index >= 15 is 0 Å². The van der Waals surface area contributed by atoms with Crippen molar-refractivity contribution in [1.82, 2.24) is 19.8 Å². The van der Waals surface area contributed by atoms with Gasteiger partial charge in [0.1, 0.15) is 0 Å². The Balaban J connectivity index is 1.65. The quantitative estimate of drug-likeness (QED) is 0.261. The van der Waals surface area contributed by atoms with E-state index in [1.165, 1.54) is 0 Å². The predicted octanol–water partition coefficient (Wildman–Crippen LogP) is 1.02. The summed E-state index contributed by atoms with van der Waals surface area (Å²) in [7, 11) is -2.01. The average molecular weight is 436 g/mol. The van der Waals surface area contributed by atoms with Crippen molar-refractivity contribution in [2.24, 2.45) is 4.99 Å². The fraction of sp³-hybridized carbons (Fsp3) is 0.571. The highest BCUT2D eigenvalue weighted by atomic mass is 32.2. The van der Waals surface area contributed by atoms with Gasteiger partial charge in [-0.15, -0.1) is 0 Å². The van der Waals surface area contributed by atoms with Crippen molar-refractivity contribution in [3.63, 3.8) is 0 Å². The van der Waals surface area contributed by atoms with Gasteiger partial charge in [-0.2, -0.15) is 0 Å². The average Bonchev–Trinajstić information content (AvgIpc) is 3.43. The number of benzene rings is 1. The Morgan fingerprint density at radius 1 is 1.30 bits per heavy atom. The summed E-state index contributed by atoms with van der Waals surface area (Å²) in [6.07, 6.45) is 5.59. The van der Waals surface area contributed by atoms with Crippen LogP contribution in [0.5, 0.6) is 0 Å². The molecule has 3 rings (SSSR count). The number of likely N-dealkylation sites (tertiary alicyclic amines) is 1. The van der Waals surface area contributed by atoms with E-state index in [4.69, 9.17) is 9.73 Å². The van der Waals surface area contributed by atoms with Crippen molar-refractivity contribution >= 4 is 16.0 Å². The van der Waals surface area contributed by atoms with Gasteiger partial charge in [-0.25, -0.2) is 18.1 Å². The van der Waals surface area contributed by atoms with E-state index in [1.807, 2.05) is 6.07 Å². The number of rotatable bonds is 9. The third kappa shape index (κ3) is 6.04. The number of hydrogen-bond donors (Lipinski definition) is 2. The van der Waals surface area contributed by atoms with Crippen molar-refractivity contribution in [3.05, 3.63) is 42.0 Å². The number of nitrogens with zero attached hydrogens (tertiary/aromatic N) is 3. The molecular weight excluding hydrogens is 402 g/mol. The second-order valence-electron chi connectivity index (χ2n) is 7.52. The third-order valence-corrected chi connectivity index (χ3v) is 6.84. The summed E-state index contributed by atoms with van der Waals surface area (Å²) in [5.41, 5.74) is 0.861. The standard InChI is InChI=1S/C21H33N5O3S/c1-3-22-21(26-13-9-19(17-26)25-11-4-5-12-25)23-16-18-7-6-8-20(15-18)30(27,28)24-10-14-29-2/h4-8,15,19,24H,3,9-14,16-17H2,1-2H3,(H,22,23). The number of methoxy groups -OCH3 is 1. The maximum Gasteiger partial charge on any atom is 0.240 e. The zero-order valence-corrected chi connectivity index (χ0v) is 18.7. The number of sulfonamides is 1. The lowest BCUT2D eigenvalue weighted by atomic mass is 10.2. The first kappa shape index (κ1) is 22.7. The zero-order valence-electron chi connectivity index (χ0n) is 17.9. The number of aliphatic imine (C=N–C) groups is 1. The lowest BCUT2D eigenvalue weighted by molar-refractivity contribution is 0.204. The van der Waals surface area contributed by atoms with Gasteiger partial charge in [0.15, 0.2) is 5.96 Å². The Hall–Kier alpha value is -1.94. The SMILES string of the molecule is CCNC(=NCc1cccc(S(=O)(=O)NCCOC)c1)N1CCC(N2CC=CC2)C1. The van der Waals surface area contributed by atoms with Crippen LogP contribution in [0.1, 0.15) is 18.9 Å². The van der Waals surface area contributed by atoms with Gasteiger partial charge in [-0.3, -0.25) is 4.90 Å². The molecule has 0 aliphatic carbocycles. The highest BCUT2D eigenvalue weighted by Crippen LogP contribution is 2.18.